The molecule has 10 atom stereocenters. The highest BCUT2D eigenvalue weighted by molar-refractivity contribution is 9.10. The number of aliphatic carboxylic acids is 1. The largest absolute Gasteiger partial charge is 0.479 e. The van der Waals surface area contributed by atoms with Crippen molar-refractivity contribution < 1.29 is 58.8 Å². The summed E-state index contributed by atoms with van der Waals surface area (Å²) in [5, 5.41) is 63.2. The maximum atomic E-state index is 13.0. The first-order valence-electron chi connectivity index (χ1n) is 15.0. The number of carboxylic acid groups (broad SMARTS) is 1. The topological polar surface area (TPSA) is 224 Å². The number of aliphatic hydroxyl groups excluding tert-OH is 4. The summed E-state index contributed by atoms with van der Waals surface area (Å²) in [5.74, 6) is -1.92. The number of carbonyl (C=O) groups excluding carboxylic acids is 1. The second-order valence-corrected chi connectivity index (χ2v) is 12.2. The van der Waals surface area contributed by atoms with Crippen LogP contribution in [0.25, 0.3) is 16.9 Å². The van der Waals surface area contributed by atoms with Gasteiger partial charge in [0.1, 0.15) is 48.4 Å². The van der Waals surface area contributed by atoms with Crippen LogP contribution in [-0.4, -0.2) is 134 Å². The van der Waals surface area contributed by atoms with Crippen LogP contribution in [0.5, 0.6) is 0 Å². The van der Waals surface area contributed by atoms with E-state index < -0.39 is 79.7 Å². The molecule has 48 heavy (non-hydrogen) atoms. The zero-order chi connectivity index (χ0) is 34.5. The minimum Gasteiger partial charge on any atom is -0.479 e. The molecule has 5 rings (SSSR count). The van der Waals surface area contributed by atoms with Crippen molar-refractivity contribution in [1.82, 2.24) is 20.3 Å². The first-order chi connectivity index (χ1) is 23.0. The molecule has 0 saturated carbocycles. The number of hydrogen-bond acceptors (Lipinski definition) is 13. The molecule has 1 amide bonds. The maximum Gasteiger partial charge on any atom is 0.335 e. The molecule has 2 aliphatic rings. The van der Waals surface area contributed by atoms with Crippen LogP contribution in [0.15, 0.2) is 59.2 Å². The van der Waals surface area contributed by atoms with Gasteiger partial charge in [-0.3, -0.25) is 4.79 Å². The first kappa shape index (κ1) is 35.9. The number of carbonyl (C=O) groups is 2. The summed E-state index contributed by atoms with van der Waals surface area (Å²) in [7, 11) is 2.47. The third-order valence-electron chi connectivity index (χ3n) is 8.22. The van der Waals surface area contributed by atoms with Crippen LogP contribution in [0, 0.1) is 0 Å². The van der Waals surface area contributed by atoms with E-state index in [4.69, 9.17) is 23.7 Å². The molecule has 0 bridgehead atoms. The summed E-state index contributed by atoms with van der Waals surface area (Å²) in [6.07, 6.45) is -13.0. The number of rotatable bonds is 12. The van der Waals surface area contributed by atoms with Gasteiger partial charge in [-0.25, -0.2) is 9.48 Å². The second kappa shape index (κ2) is 15.9. The predicted octanol–water partition coefficient (Wildman–Crippen LogP) is -0.230. The van der Waals surface area contributed by atoms with E-state index in [1.165, 1.54) is 14.2 Å². The van der Waals surface area contributed by atoms with Gasteiger partial charge in [-0.15, -0.1) is 5.10 Å². The molecular formula is C31H37BrN4O12. The van der Waals surface area contributed by atoms with Crippen LogP contribution >= 0.6 is 15.9 Å². The Labute approximate surface area is 283 Å². The summed E-state index contributed by atoms with van der Waals surface area (Å²) in [5.41, 5.74) is 3.07. The van der Waals surface area contributed by atoms with E-state index >= 15 is 0 Å². The predicted molar refractivity (Wildman–Crippen MR) is 167 cm³/mol. The van der Waals surface area contributed by atoms with E-state index in [2.05, 4.69) is 31.6 Å². The summed E-state index contributed by atoms with van der Waals surface area (Å²) in [4.78, 5) is 24.8. The molecule has 2 aliphatic heterocycles. The Balaban J connectivity index is 1.20. The lowest BCUT2D eigenvalue weighted by Crippen LogP contribution is -2.63. The van der Waals surface area contributed by atoms with Gasteiger partial charge in [0.2, 0.25) is 5.91 Å². The fourth-order valence-electron chi connectivity index (χ4n) is 5.68. The summed E-state index contributed by atoms with van der Waals surface area (Å²) in [6, 6.07) is 15.0. The lowest BCUT2D eigenvalue weighted by Gasteiger charge is -2.44. The number of aromatic nitrogens is 3. The van der Waals surface area contributed by atoms with Gasteiger partial charge in [-0.2, -0.15) is 0 Å². The molecule has 6 N–H and O–H groups in total. The van der Waals surface area contributed by atoms with Crippen molar-refractivity contribution >= 4 is 27.8 Å². The summed E-state index contributed by atoms with van der Waals surface area (Å²) in [6.45, 7) is -0.370. The van der Waals surface area contributed by atoms with Crippen LogP contribution in [0.2, 0.25) is 0 Å². The molecule has 16 nitrogen and oxygen atoms in total. The minimum absolute atomic E-state index is 0.154. The molecule has 3 heterocycles. The van der Waals surface area contributed by atoms with Gasteiger partial charge in [-0.05, 0) is 23.8 Å². The number of carboxylic acids is 1. The van der Waals surface area contributed by atoms with Crippen molar-refractivity contribution in [2.24, 2.45) is 0 Å². The summed E-state index contributed by atoms with van der Waals surface area (Å²) < 4.78 is 29.4. The number of nitrogens with one attached hydrogen (secondary N) is 1. The fourth-order valence-corrected chi connectivity index (χ4v) is 6.17. The van der Waals surface area contributed by atoms with Gasteiger partial charge in [0.15, 0.2) is 12.4 Å². The molecule has 260 valence electrons. The van der Waals surface area contributed by atoms with Gasteiger partial charge < -0.3 is 54.5 Å². The molecule has 0 spiro atoms. The number of ether oxygens (including phenoxy) is 5. The monoisotopic (exact) mass is 736 g/mol. The van der Waals surface area contributed by atoms with Crippen LogP contribution in [0.1, 0.15) is 12.0 Å². The Kier molecular flexibility index (Phi) is 11.9. The van der Waals surface area contributed by atoms with Crippen LogP contribution in [0.3, 0.4) is 0 Å². The quantitative estimate of drug-likeness (QED) is 0.141. The SMILES string of the molecule is COC1OC(C(=O)O)C(OCC2OC(CC(=O)NCc3cccc(-n4cc(-c5ccccc5Br)nn4)c3)C(OC)C(O)C2O)C(O)C1O. The van der Waals surface area contributed by atoms with Crippen LogP contribution < -0.4 is 5.32 Å². The van der Waals surface area contributed by atoms with E-state index in [1.54, 1.807) is 10.9 Å². The van der Waals surface area contributed by atoms with Crippen molar-refractivity contribution in [2.45, 2.75) is 74.2 Å². The minimum atomic E-state index is -1.72. The van der Waals surface area contributed by atoms with Gasteiger partial charge in [0, 0.05) is 30.8 Å². The summed E-state index contributed by atoms with van der Waals surface area (Å²) >= 11 is 3.52. The van der Waals surface area contributed by atoms with Crippen molar-refractivity contribution in [3.05, 3.63) is 64.8 Å². The Hall–Kier alpha value is -3.36. The number of aliphatic hydroxyl groups is 4. The molecular weight excluding hydrogens is 700 g/mol. The zero-order valence-corrected chi connectivity index (χ0v) is 27.5. The zero-order valence-electron chi connectivity index (χ0n) is 25.9. The van der Waals surface area contributed by atoms with Gasteiger partial charge in [-0.1, -0.05) is 51.5 Å². The number of benzene rings is 2. The molecule has 3 aromatic rings. The average Bonchev–Trinajstić information content (AvgIpc) is 3.57. The number of hydrogen-bond donors (Lipinski definition) is 6. The molecule has 2 saturated heterocycles. The third kappa shape index (κ3) is 7.92. The van der Waals surface area contributed by atoms with Gasteiger partial charge >= 0.3 is 5.97 Å². The van der Waals surface area contributed by atoms with E-state index in [0.29, 0.717) is 5.69 Å². The van der Waals surface area contributed by atoms with Gasteiger partial charge in [0.05, 0.1) is 31.0 Å². The average molecular weight is 738 g/mol. The highest BCUT2D eigenvalue weighted by atomic mass is 79.9. The fraction of sp³-hybridized carbons (Fsp3) is 0.484. The molecule has 0 radical (unpaired) electrons. The third-order valence-corrected chi connectivity index (χ3v) is 8.91. The Morgan fingerprint density at radius 1 is 0.938 bits per heavy atom. The van der Waals surface area contributed by atoms with E-state index in [0.717, 1.165) is 21.3 Å². The smallest absolute Gasteiger partial charge is 0.335 e. The molecule has 10 unspecified atom stereocenters. The highest BCUT2D eigenvalue weighted by Gasteiger charge is 2.50. The maximum absolute atomic E-state index is 13.0. The standard InChI is InChI=1S/C31H37BrN4O12/c1-44-27-20(47-21(23(38)24(27)39)14-46-28-25(40)26(41)31(45-2)48-29(28)30(42)43)11-22(37)33-12-15-6-5-7-16(10-15)36-13-19(34-35-36)17-8-3-4-9-18(17)32/h3-10,13,20-21,23-29,31,38-41H,11-12,14H2,1-2H3,(H,33,37)(H,42,43). The van der Waals surface area contributed by atoms with E-state index in [1.807, 2.05) is 48.5 Å². The van der Waals surface area contributed by atoms with Crippen LogP contribution in [0.4, 0.5) is 0 Å². The van der Waals surface area contributed by atoms with Crippen molar-refractivity contribution in [3.63, 3.8) is 0 Å². The molecule has 0 aliphatic carbocycles. The first-order valence-corrected chi connectivity index (χ1v) is 15.8. The Morgan fingerprint density at radius 3 is 2.40 bits per heavy atom. The second-order valence-electron chi connectivity index (χ2n) is 11.4. The van der Waals surface area contributed by atoms with Gasteiger partial charge in [0.25, 0.3) is 0 Å². The van der Waals surface area contributed by atoms with Crippen molar-refractivity contribution in [3.8, 4) is 16.9 Å². The highest BCUT2D eigenvalue weighted by Crippen LogP contribution is 2.29. The van der Waals surface area contributed by atoms with Crippen molar-refractivity contribution in [2.75, 3.05) is 20.8 Å². The number of amides is 1. The number of halogens is 1. The van der Waals surface area contributed by atoms with Crippen LogP contribution in [-0.2, 0) is 39.8 Å². The molecule has 17 heteroatoms. The lowest BCUT2D eigenvalue weighted by atomic mass is 9.93. The molecule has 2 aromatic carbocycles. The Bertz CT molecular complexity index is 1560. The molecule has 1 aromatic heterocycles. The van der Waals surface area contributed by atoms with Crippen molar-refractivity contribution in [1.29, 1.82) is 0 Å². The Morgan fingerprint density at radius 2 is 1.69 bits per heavy atom. The van der Waals surface area contributed by atoms with E-state index in [-0.39, 0.29) is 13.0 Å². The number of methoxy groups -OCH3 is 2. The normalized spacial score (nSPS) is 30.6. The molecule has 2 fully saturated rings. The van der Waals surface area contributed by atoms with E-state index in [9.17, 15) is 35.1 Å². The number of nitrogens with zero attached hydrogens (tertiary/aromatic N) is 3. The lowest BCUT2D eigenvalue weighted by molar-refractivity contribution is -0.302.